The molecule has 3 aliphatic heterocycles. The van der Waals surface area contributed by atoms with E-state index in [2.05, 4.69) is 62.3 Å². The van der Waals surface area contributed by atoms with Crippen LogP contribution in [0.5, 0.6) is 0 Å². The van der Waals surface area contributed by atoms with Crippen LogP contribution in [-0.2, 0) is 28.5 Å². The molecule has 3 saturated heterocycles. The molecular weight excluding hydrogens is 518 g/mol. The van der Waals surface area contributed by atoms with Gasteiger partial charge in [-0.15, -0.1) is 0 Å². The summed E-state index contributed by atoms with van der Waals surface area (Å²) in [5, 5.41) is 0. The number of ketones is 1. The van der Waals surface area contributed by atoms with Crippen molar-refractivity contribution in [1.29, 1.82) is 0 Å². The van der Waals surface area contributed by atoms with E-state index in [1.165, 1.54) is 0 Å². The van der Waals surface area contributed by atoms with E-state index in [0.717, 1.165) is 12.8 Å². The Morgan fingerprint density at radius 2 is 1.23 bits per heavy atom. The summed E-state index contributed by atoms with van der Waals surface area (Å²) < 4.78 is 33.2. The number of Topliss-reactive ketones (excluding diaryl/α,β-unsaturated/α-hetero) is 1. The van der Waals surface area contributed by atoms with Crippen LogP contribution in [0.3, 0.4) is 0 Å². The zero-order valence-corrected chi connectivity index (χ0v) is 28.9. The summed E-state index contributed by atoms with van der Waals surface area (Å²) in [6.45, 7) is 21.5. The molecule has 0 radical (unpaired) electrons. The SMILES string of the molecule is CCC1O[C@H](O[C@@H]2C(C(C)=O)O[C@@H](O[C@H]3C(CC)OC(C)[CH]([Rb])[C@@H]3C)C(C)[C@H]2C)C(C)[C@@H](C)[C@@H]1C. The van der Waals surface area contributed by atoms with Crippen molar-refractivity contribution in [3.05, 3.63) is 0 Å². The molecule has 3 fully saturated rings. The molecule has 3 rings (SSSR count). The van der Waals surface area contributed by atoms with Gasteiger partial charge in [-0.05, 0) is 12.3 Å². The minimum Gasteiger partial charge on any atom is -0.0617 e. The second-order valence-corrected chi connectivity index (χ2v) is 15.3. The second-order valence-electron chi connectivity index (χ2n) is 12.0. The first-order valence-electron chi connectivity index (χ1n) is 14.2. The zero-order chi connectivity index (χ0) is 26.2. The van der Waals surface area contributed by atoms with E-state index in [1.54, 1.807) is 6.92 Å². The van der Waals surface area contributed by atoms with Crippen molar-refractivity contribution < 1.29 is 28.5 Å². The van der Waals surface area contributed by atoms with E-state index in [0.29, 0.717) is 78.4 Å². The normalized spacial score (nSPS) is 51.3. The molecule has 0 saturated carbocycles. The van der Waals surface area contributed by atoms with Crippen LogP contribution in [-0.4, -0.2) is 111 Å². The van der Waals surface area contributed by atoms with Crippen molar-refractivity contribution in [2.75, 3.05) is 0 Å². The summed E-state index contributed by atoms with van der Waals surface area (Å²) in [5.74, 6) is 1.79. The van der Waals surface area contributed by atoms with Gasteiger partial charge in [-0.25, -0.2) is 0 Å². The first-order chi connectivity index (χ1) is 16.4. The van der Waals surface area contributed by atoms with Crippen molar-refractivity contribution in [2.24, 2.45) is 35.5 Å². The van der Waals surface area contributed by atoms with Crippen molar-refractivity contribution in [3.63, 3.8) is 0 Å². The molecule has 0 amide bonds. The van der Waals surface area contributed by atoms with Crippen LogP contribution in [0.4, 0.5) is 0 Å². The third-order valence-electron chi connectivity index (χ3n) is 9.97. The first kappa shape index (κ1) is 30.8. The third kappa shape index (κ3) is 6.54. The van der Waals surface area contributed by atoms with E-state index in [9.17, 15) is 4.79 Å². The molecule has 0 N–H and O–H groups in total. The molecule has 0 aromatic rings. The molecule has 0 aromatic carbocycles. The second kappa shape index (κ2) is 13.1. The van der Waals surface area contributed by atoms with Gasteiger partial charge < -0.3 is 0 Å². The van der Waals surface area contributed by atoms with Gasteiger partial charge in [0.25, 0.3) is 0 Å². The Morgan fingerprint density at radius 3 is 1.80 bits per heavy atom. The molecule has 15 atom stereocenters. The van der Waals surface area contributed by atoms with Gasteiger partial charge >= 0.3 is 222 Å². The number of rotatable bonds is 7. The van der Waals surface area contributed by atoms with Crippen LogP contribution in [0, 0.1) is 35.5 Å². The maximum absolute atomic E-state index is 12.8. The summed E-state index contributed by atoms with van der Waals surface area (Å²) in [4.78, 5) is 12.8. The molecule has 198 valence electrons. The first-order valence-corrected chi connectivity index (χ1v) is 17.0. The van der Waals surface area contributed by atoms with Gasteiger partial charge in [-0.1, -0.05) is 20.8 Å². The fraction of sp³-hybridized carbons (Fsp3) is 0.964. The molecule has 35 heavy (non-hydrogen) atoms. The minimum atomic E-state index is -0.660. The van der Waals surface area contributed by atoms with E-state index >= 15 is 0 Å². The zero-order valence-electron chi connectivity index (χ0n) is 24.0. The Balaban J connectivity index is 1.77. The van der Waals surface area contributed by atoms with Gasteiger partial charge in [0.05, 0.1) is 0 Å². The summed E-state index contributed by atoms with van der Waals surface area (Å²) in [6, 6.07) is 0. The summed E-state index contributed by atoms with van der Waals surface area (Å²) in [7, 11) is 0. The van der Waals surface area contributed by atoms with Crippen molar-refractivity contribution >= 4 is 61.3 Å². The average molecular weight is 567 g/mol. The fourth-order valence-electron chi connectivity index (χ4n) is 6.35. The molecule has 6 nitrogen and oxygen atoms in total. The Hall–Kier alpha value is 1.28. The van der Waals surface area contributed by atoms with Gasteiger partial charge in [0, 0.05) is 0 Å². The molecule has 3 aliphatic rings. The number of ether oxygens (including phenoxy) is 5. The van der Waals surface area contributed by atoms with Gasteiger partial charge in [-0.2, -0.15) is 0 Å². The minimum absolute atomic E-state index is 0.0121. The molecule has 0 bridgehead atoms. The summed E-state index contributed by atoms with van der Waals surface area (Å²) >= 11 is 0.465. The van der Waals surface area contributed by atoms with Crippen molar-refractivity contribution in [1.82, 2.24) is 0 Å². The molecule has 0 spiro atoms. The van der Waals surface area contributed by atoms with Crippen LogP contribution >= 0.6 is 0 Å². The number of carbonyl (C=O) groups is 1. The Morgan fingerprint density at radius 1 is 0.686 bits per heavy atom. The van der Waals surface area contributed by atoms with Crippen molar-refractivity contribution in [2.45, 2.75) is 130 Å². The summed E-state index contributed by atoms with van der Waals surface area (Å²) in [6.07, 6.45) is 0.579. The van der Waals surface area contributed by atoms with E-state index in [1.807, 2.05) is 0 Å². The predicted molar refractivity (Wildman–Crippen MR) is 137 cm³/mol. The fourth-order valence-corrected chi connectivity index (χ4v) is 7.67. The topological polar surface area (TPSA) is 63.2 Å². The van der Waals surface area contributed by atoms with Gasteiger partial charge in [0.2, 0.25) is 0 Å². The van der Waals surface area contributed by atoms with Gasteiger partial charge in [0.15, 0.2) is 0 Å². The van der Waals surface area contributed by atoms with Gasteiger partial charge in [0.1, 0.15) is 0 Å². The Kier molecular flexibility index (Phi) is 11.5. The number of hydrogen-bond donors (Lipinski definition) is 0. The summed E-state index contributed by atoms with van der Waals surface area (Å²) in [5.41, 5.74) is 0. The molecular formula is C28H49O6Rb. The monoisotopic (exact) mass is 566 g/mol. The van der Waals surface area contributed by atoms with Crippen LogP contribution < -0.4 is 0 Å². The molecule has 0 aliphatic carbocycles. The Bertz CT molecular complexity index is 701. The van der Waals surface area contributed by atoms with Crippen molar-refractivity contribution in [3.8, 4) is 0 Å². The molecule has 0 aromatic heterocycles. The predicted octanol–water partition coefficient (Wildman–Crippen LogP) is 5.18. The van der Waals surface area contributed by atoms with E-state index in [-0.39, 0.29) is 54.2 Å². The van der Waals surface area contributed by atoms with Crippen LogP contribution in [0.25, 0.3) is 0 Å². The molecule has 7 heteroatoms. The third-order valence-corrected chi connectivity index (χ3v) is 14.9. The molecule has 3 heterocycles. The molecule has 7 unspecified atom stereocenters. The average Bonchev–Trinajstić information content (AvgIpc) is 2.83. The van der Waals surface area contributed by atoms with Gasteiger partial charge in [-0.3, -0.25) is 0 Å². The quantitative estimate of drug-likeness (QED) is 0.423. The smallest absolute Gasteiger partial charge is 0.0617 e. The van der Waals surface area contributed by atoms with E-state index in [4.69, 9.17) is 23.7 Å². The Labute approximate surface area is 253 Å². The number of carbonyl (C=O) groups excluding carboxylic acids is 1. The number of hydrogen-bond acceptors (Lipinski definition) is 6. The standard InChI is InChI=1S/C28H49O6.Rb/c1-11-22-17(6)16(5)19(8)27(31-22)33-25-18(7)20(9)28(34-26(25)21(10)29)32-24-14(3)13-15(4)30-23(24)12-2;/h13-20,22-28H,11-12H2,1-10H3;/t14-,15?,16-,17-,18+,19?,20?,22?,23?,24+,25-,26?,27+,28+;/m0./s1. The maximum atomic E-state index is 12.8. The van der Waals surface area contributed by atoms with Crippen LogP contribution in [0.2, 0.25) is -1.01 Å². The van der Waals surface area contributed by atoms with Crippen LogP contribution in [0.1, 0.15) is 82.1 Å². The van der Waals surface area contributed by atoms with E-state index < -0.39 is 12.4 Å². The van der Waals surface area contributed by atoms with Crippen LogP contribution in [0.15, 0.2) is 0 Å².